The van der Waals surface area contributed by atoms with E-state index in [1.165, 1.54) is 0 Å². The van der Waals surface area contributed by atoms with Gasteiger partial charge in [0.05, 0.1) is 12.4 Å². The van der Waals surface area contributed by atoms with Crippen molar-refractivity contribution in [1.82, 2.24) is 9.78 Å². The fourth-order valence-electron chi connectivity index (χ4n) is 1.67. The summed E-state index contributed by atoms with van der Waals surface area (Å²) in [6.45, 7) is 5.47. The first kappa shape index (κ1) is 11.7. The fourth-order valence-corrected chi connectivity index (χ4v) is 1.67. The van der Waals surface area contributed by atoms with Gasteiger partial charge < -0.3 is 10.5 Å². The van der Waals surface area contributed by atoms with Gasteiger partial charge in [-0.1, -0.05) is 6.07 Å². The maximum absolute atomic E-state index is 5.72. The fraction of sp³-hybridized carbons (Fsp3) is 0.308. The Morgan fingerprint density at radius 2 is 2.18 bits per heavy atom. The van der Waals surface area contributed by atoms with E-state index < -0.39 is 0 Å². The molecule has 0 amide bonds. The number of benzene rings is 1. The van der Waals surface area contributed by atoms with Crippen LogP contribution in [0.4, 0.5) is 0 Å². The monoisotopic (exact) mass is 231 g/mol. The number of hydrogen-bond acceptors (Lipinski definition) is 3. The summed E-state index contributed by atoms with van der Waals surface area (Å²) < 4.78 is 7.55. The Labute approximate surface area is 101 Å². The minimum Gasteiger partial charge on any atom is -0.454 e. The molecule has 4 heteroatoms. The molecular formula is C13H17N3O. The Morgan fingerprint density at radius 3 is 2.76 bits per heavy atom. The Balaban J connectivity index is 2.15. The van der Waals surface area contributed by atoms with Crippen molar-refractivity contribution in [2.75, 3.05) is 0 Å². The van der Waals surface area contributed by atoms with E-state index >= 15 is 0 Å². The molecule has 1 heterocycles. The average Bonchev–Trinajstić information content (AvgIpc) is 2.77. The van der Waals surface area contributed by atoms with Crippen molar-refractivity contribution >= 4 is 0 Å². The third kappa shape index (κ3) is 2.65. The second-order valence-corrected chi connectivity index (χ2v) is 3.93. The zero-order valence-corrected chi connectivity index (χ0v) is 10.2. The lowest BCUT2D eigenvalue weighted by atomic mass is 10.1. The molecule has 2 aromatic rings. The summed E-state index contributed by atoms with van der Waals surface area (Å²) in [5.74, 6) is 1.57. The first-order chi connectivity index (χ1) is 8.22. The second kappa shape index (κ2) is 5.01. The molecule has 90 valence electrons. The van der Waals surface area contributed by atoms with Gasteiger partial charge in [-0.2, -0.15) is 5.10 Å². The van der Waals surface area contributed by atoms with Gasteiger partial charge >= 0.3 is 0 Å². The minimum atomic E-state index is 0.555. The van der Waals surface area contributed by atoms with Gasteiger partial charge in [0.25, 0.3) is 0 Å². The molecular weight excluding hydrogens is 214 g/mol. The van der Waals surface area contributed by atoms with Crippen LogP contribution in [0.1, 0.15) is 18.1 Å². The molecule has 0 bridgehead atoms. The normalized spacial score (nSPS) is 10.5. The van der Waals surface area contributed by atoms with E-state index in [0.717, 1.165) is 29.2 Å². The number of nitrogens with zero attached hydrogens (tertiary/aromatic N) is 2. The first-order valence-electron chi connectivity index (χ1n) is 5.73. The molecule has 0 atom stereocenters. The lowest BCUT2D eigenvalue weighted by Gasteiger charge is -2.07. The number of ether oxygens (including phenoxy) is 1. The number of nitrogens with two attached hydrogens (primary N) is 1. The van der Waals surface area contributed by atoms with Gasteiger partial charge in [-0.15, -0.1) is 0 Å². The Hall–Kier alpha value is -1.81. The topological polar surface area (TPSA) is 53.1 Å². The molecule has 0 fully saturated rings. The summed E-state index contributed by atoms with van der Waals surface area (Å²) in [6.07, 6.45) is 3.60. The standard InChI is InChI=1S/C13H17N3O/c1-3-16-9-13(8-15-16)17-12-5-4-11(7-14)10(2)6-12/h4-6,8-9H,3,7,14H2,1-2H3. The van der Waals surface area contributed by atoms with E-state index in [0.29, 0.717) is 6.54 Å². The summed E-state index contributed by atoms with van der Waals surface area (Å²) >= 11 is 0. The van der Waals surface area contributed by atoms with Crippen LogP contribution in [0.15, 0.2) is 30.6 Å². The van der Waals surface area contributed by atoms with E-state index in [4.69, 9.17) is 10.5 Å². The Morgan fingerprint density at radius 1 is 1.35 bits per heavy atom. The summed E-state index contributed by atoms with van der Waals surface area (Å²) in [5, 5.41) is 4.16. The molecule has 4 nitrogen and oxygen atoms in total. The van der Waals surface area contributed by atoms with Gasteiger partial charge in [-0.3, -0.25) is 4.68 Å². The predicted octanol–water partition coefficient (Wildman–Crippen LogP) is 2.46. The lowest BCUT2D eigenvalue weighted by molar-refractivity contribution is 0.480. The maximum Gasteiger partial charge on any atom is 0.165 e. The summed E-state index contributed by atoms with van der Waals surface area (Å²) in [4.78, 5) is 0. The minimum absolute atomic E-state index is 0.555. The molecule has 1 aromatic carbocycles. The van der Waals surface area contributed by atoms with E-state index in [2.05, 4.69) is 5.10 Å². The van der Waals surface area contributed by atoms with Crippen LogP contribution in [0.3, 0.4) is 0 Å². The maximum atomic E-state index is 5.72. The van der Waals surface area contributed by atoms with Crippen LogP contribution in [0.5, 0.6) is 11.5 Å². The molecule has 17 heavy (non-hydrogen) atoms. The van der Waals surface area contributed by atoms with Crippen LogP contribution < -0.4 is 10.5 Å². The molecule has 2 N–H and O–H groups in total. The van der Waals surface area contributed by atoms with Crippen molar-refractivity contribution in [1.29, 1.82) is 0 Å². The SMILES string of the molecule is CCn1cc(Oc2ccc(CN)c(C)c2)cn1. The van der Waals surface area contributed by atoms with Crippen LogP contribution in [0, 0.1) is 6.92 Å². The number of aromatic nitrogens is 2. The zero-order chi connectivity index (χ0) is 12.3. The molecule has 0 aliphatic rings. The predicted molar refractivity (Wildman–Crippen MR) is 67.0 cm³/mol. The van der Waals surface area contributed by atoms with Crippen molar-refractivity contribution in [2.24, 2.45) is 5.73 Å². The largest absolute Gasteiger partial charge is 0.454 e. The van der Waals surface area contributed by atoms with Crippen molar-refractivity contribution in [3.8, 4) is 11.5 Å². The van der Waals surface area contributed by atoms with Crippen LogP contribution in [-0.2, 0) is 13.1 Å². The molecule has 2 rings (SSSR count). The van der Waals surface area contributed by atoms with E-state index in [9.17, 15) is 0 Å². The smallest absolute Gasteiger partial charge is 0.165 e. The first-order valence-corrected chi connectivity index (χ1v) is 5.73. The molecule has 0 unspecified atom stereocenters. The number of rotatable bonds is 4. The van der Waals surface area contributed by atoms with Gasteiger partial charge in [-0.05, 0) is 37.1 Å². The van der Waals surface area contributed by atoms with E-state index in [1.807, 2.05) is 42.9 Å². The molecule has 0 saturated carbocycles. The number of hydrogen-bond donors (Lipinski definition) is 1. The highest BCUT2D eigenvalue weighted by atomic mass is 16.5. The second-order valence-electron chi connectivity index (χ2n) is 3.93. The molecule has 1 aromatic heterocycles. The van der Waals surface area contributed by atoms with Gasteiger partial charge in [0.1, 0.15) is 5.75 Å². The van der Waals surface area contributed by atoms with Gasteiger partial charge in [-0.25, -0.2) is 0 Å². The highest BCUT2D eigenvalue weighted by molar-refractivity contribution is 5.36. The number of aryl methyl sites for hydroxylation is 2. The van der Waals surface area contributed by atoms with Crippen LogP contribution in [0.2, 0.25) is 0 Å². The quantitative estimate of drug-likeness (QED) is 0.879. The summed E-state index contributed by atoms with van der Waals surface area (Å²) in [5.41, 5.74) is 7.91. The highest BCUT2D eigenvalue weighted by Gasteiger charge is 2.02. The van der Waals surface area contributed by atoms with E-state index in [1.54, 1.807) is 6.20 Å². The Kier molecular flexibility index (Phi) is 3.44. The van der Waals surface area contributed by atoms with Crippen LogP contribution in [0.25, 0.3) is 0 Å². The summed E-state index contributed by atoms with van der Waals surface area (Å²) in [7, 11) is 0. The van der Waals surface area contributed by atoms with Crippen LogP contribution >= 0.6 is 0 Å². The van der Waals surface area contributed by atoms with Crippen molar-refractivity contribution in [3.05, 3.63) is 41.7 Å². The van der Waals surface area contributed by atoms with Gasteiger partial charge in [0.2, 0.25) is 0 Å². The molecule has 0 aliphatic carbocycles. The molecule has 0 radical (unpaired) electrons. The third-order valence-electron chi connectivity index (χ3n) is 2.70. The Bertz CT molecular complexity index is 505. The lowest BCUT2D eigenvalue weighted by Crippen LogP contribution is -1.98. The molecule has 0 saturated heterocycles. The summed E-state index contributed by atoms with van der Waals surface area (Å²) in [6, 6.07) is 5.92. The zero-order valence-electron chi connectivity index (χ0n) is 10.2. The average molecular weight is 231 g/mol. The van der Waals surface area contributed by atoms with Gasteiger partial charge in [0.15, 0.2) is 5.75 Å². The van der Waals surface area contributed by atoms with Crippen LogP contribution in [-0.4, -0.2) is 9.78 Å². The highest BCUT2D eigenvalue weighted by Crippen LogP contribution is 2.23. The van der Waals surface area contributed by atoms with E-state index in [-0.39, 0.29) is 0 Å². The third-order valence-corrected chi connectivity index (χ3v) is 2.70. The molecule has 0 spiro atoms. The van der Waals surface area contributed by atoms with Crippen molar-refractivity contribution in [2.45, 2.75) is 26.9 Å². The van der Waals surface area contributed by atoms with Gasteiger partial charge in [0, 0.05) is 13.1 Å². The van der Waals surface area contributed by atoms with Crippen molar-refractivity contribution < 1.29 is 4.74 Å². The van der Waals surface area contributed by atoms with Crippen molar-refractivity contribution in [3.63, 3.8) is 0 Å². The molecule has 0 aliphatic heterocycles.